The van der Waals surface area contributed by atoms with Gasteiger partial charge in [-0.15, -0.1) is 0 Å². The van der Waals surface area contributed by atoms with Gasteiger partial charge < -0.3 is 28.6 Å². The first kappa shape index (κ1) is 31.5. The third-order valence-corrected chi connectivity index (χ3v) is 9.88. The summed E-state index contributed by atoms with van der Waals surface area (Å²) in [5, 5.41) is 7.46. The Balaban J connectivity index is 1.08. The Labute approximate surface area is 267 Å². The molecular weight excluding hydrogens is 617 g/mol. The number of carbonyl (C=O) groups excluding carboxylic acids is 1. The van der Waals surface area contributed by atoms with Crippen LogP contribution in [0.4, 0.5) is 5.82 Å². The van der Waals surface area contributed by atoms with Gasteiger partial charge in [0.05, 0.1) is 18.1 Å². The van der Waals surface area contributed by atoms with E-state index in [1.54, 1.807) is 55.5 Å². The van der Waals surface area contributed by atoms with Crippen molar-refractivity contribution in [1.29, 1.82) is 0 Å². The summed E-state index contributed by atoms with van der Waals surface area (Å²) in [6, 6.07) is 18.9. The number of halogens is 1. The number of rotatable bonds is 13. The van der Waals surface area contributed by atoms with Gasteiger partial charge in [-0.3, -0.25) is 4.57 Å². The lowest BCUT2D eigenvalue weighted by molar-refractivity contribution is -0.135. The van der Waals surface area contributed by atoms with Crippen LogP contribution in [0.1, 0.15) is 51.7 Å². The lowest BCUT2D eigenvalue weighted by Crippen LogP contribution is -2.37. The minimum atomic E-state index is -3.71. The van der Waals surface area contributed by atoms with Gasteiger partial charge in [-0.1, -0.05) is 49.2 Å². The number of aromatic nitrogens is 3. The monoisotopic (exact) mass is 653 g/mol. The van der Waals surface area contributed by atoms with Crippen molar-refractivity contribution in [3.8, 4) is 11.5 Å². The van der Waals surface area contributed by atoms with E-state index in [9.17, 15) is 9.36 Å². The SMILES string of the molecule is C[C@H](NP(=O)(COC[C@@H]1CC[C@H](n2ccc3c(NC4CCCC4)nc(Cl)nc32)O1)Oc1ccccc1)C(=O)Oc1ccccc1. The van der Waals surface area contributed by atoms with Crippen LogP contribution in [0.2, 0.25) is 5.28 Å². The molecule has 11 nitrogen and oxygen atoms in total. The van der Waals surface area contributed by atoms with Gasteiger partial charge in [-0.2, -0.15) is 4.98 Å². The van der Waals surface area contributed by atoms with E-state index in [2.05, 4.69) is 20.4 Å². The third-order valence-electron chi connectivity index (χ3n) is 7.90. The van der Waals surface area contributed by atoms with Crippen molar-refractivity contribution in [2.45, 2.75) is 69.9 Å². The van der Waals surface area contributed by atoms with Crippen LogP contribution in [0.15, 0.2) is 72.9 Å². The van der Waals surface area contributed by atoms with Crippen molar-refractivity contribution in [3.05, 3.63) is 78.2 Å². The zero-order valence-corrected chi connectivity index (χ0v) is 26.7. The molecule has 1 unspecified atom stereocenters. The quantitative estimate of drug-likeness (QED) is 0.0678. The van der Waals surface area contributed by atoms with E-state index < -0.39 is 19.5 Å². The van der Waals surface area contributed by atoms with Crippen LogP contribution in [0, 0.1) is 0 Å². The Bertz CT molecular complexity index is 1640. The fraction of sp³-hybridized carbons (Fsp3) is 0.406. The second-order valence-electron chi connectivity index (χ2n) is 11.4. The fourth-order valence-corrected chi connectivity index (χ4v) is 7.56. The van der Waals surface area contributed by atoms with Crippen LogP contribution in [0.5, 0.6) is 11.5 Å². The highest BCUT2D eigenvalue weighted by molar-refractivity contribution is 7.57. The summed E-state index contributed by atoms with van der Waals surface area (Å²) >= 11 is 6.33. The third kappa shape index (κ3) is 8.04. The van der Waals surface area contributed by atoms with Crippen LogP contribution in [0.3, 0.4) is 0 Å². The summed E-state index contributed by atoms with van der Waals surface area (Å²) in [6.45, 7) is 1.76. The second-order valence-corrected chi connectivity index (χ2v) is 13.8. The number of anilines is 1. The standard InChI is InChI=1S/C32H37ClN5O6P/c1-22(31(39)43-24-12-4-2-5-13-24)37-45(40,44-25-14-6-3-7-15-25)21-41-20-26-16-17-28(42-26)38-19-18-27-29(34-23-10-8-9-11-23)35-32(33)36-30(27)38/h2-7,12-15,18-19,22-23,26,28H,8-11,16-17,20-21H2,1H3,(H,37,40)(H,34,35,36)/t22-,26-,28+,45?/m0/s1. The fourth-order valence-electron chi connectivity index (χ4n) is 5.71. The molecule has 0 bridgehead atoms. The summed E-state index contributed by atoms with van der Waals surface area (Å²) in [4.78, 5) is 21.7. The first-order valence-corrected chi connectivity index (χ1v) is 17.5. The van der Waals surface area contributed by atoms with Crippen molar-refractivity contribution in [1.82, 2.24) is 19.6 Å². The van der Waals surface area contributed by atoms with Gasteiger partial charge >= 0.3 is 13.5 Å². The molecule has 238 valence electrons. The highest BCUT2D eigenvalue weighted by Gasteiger charge is 2.33. The molecule has 45 heavy (non-hydrogen) atoms. The molecule has 2 aliphatic rings. The Morgan fingerprint density at radius 2 is 1.73 bits per heavy atom. The van der Waals surface area contributed by atoms with Gasteiger partial charge in [0, 0.05) is 12.2 Å². The van der Waals surface area contributed by atoms with E-state index in [-0.39, 0.29) is 30.6 Å². The molecule has 0 amide bonds. The van der Waals surface area contributed by atoms with E-state index in [1.807, 2.05) is 29.0 Å². The lowest BCUT2D eigenvalue weighted by Gasteiger charge is -2.24. The Morgan fingerprint density at radius 1 is 1.02 bits per heavy atom. The predicted octanol–water partition coefficient (Wildman–Crippen LogP) is 6.95. The highest BCUT2D eigenvalue weighted by Crippen LogP contribution is 2.44. The van der Waals surface area contributed by atoms with Gasteiger partial charge in [0.25, 0.3) is 0 Å². The average Bonchev–Trinajstić information content (AvgIpc) is 3.80. The van der Waals surface area contributed by atoms with Crippen molar-refractivity contribution in [2.24, 2.45) is 0 Å². The number of esters is 1. The largest absolute Gasteiger partial charge is 0.431 e. The number of hydrogen-bond donors (Lipinski definition) is 2. The lowest BCUT2D eigenvalue weighted by atomic mass is 10.2. The van der Waals surface area contributed by atoms with E-state index in [0.29, 0.717) is 23.2 Å². The highest BCUT2D eigenvalue weighted by atomic mass is 35.5. The summed E-state index contributed by atoms with van der Waals surface area (Å²) in [5.74, 6) is 0.936. The summed E-state index contributed by atoms with van der Waals surface area (Å²) in [6.07, 6.45) is 7.29. The number of ether oxygens (including phenoxy) is 3. The first-order chi connectivity index (χ1) is 21.8. The smallest absolute Gasteiger partial charge is 0.342 e. The van der Waals surface area contributed by atoms with Crippen molar-refractivity contribution in [2.75, 3.05) is 18.3 Å². The van der Waals surface area contributed by atoms with Crippen molar-refractivity contribution >= 4 is 41.9 Å². The van der Waals surface area contributed by atoms with Crippen LogP contribution >= 0.6 is 19.1 Å². The number of carbonyl (C=O) groups is 1. The predicted molar refractivity (Wildman–Crippen MR) is 172 cm³/mol. The minimum Gasteiger partial charge on any atom is -0.431 e. The molecule has 4 aromatic rings. The zero-order valence-electron chi connectivity index (χ0n) is 25.0. The van der Waals surface area contributed by atoms with Gasteiger partial charge in [0.2, 0.25) is 5.28 Å². The number of hydrogen-bond acceptors (Lipinski definition) is 9. The number of nitrogens with zero attached hydrogens (tertiary/aromatic N) is 3. The minimum absolute atomic E-state index is 0.185. The molecule has 6 rings (SSSR count). The first-order valence-electron chi connectivity index (χ1n) is 15.3. The van der Waals surface area contributed by atoms with Gasteiger partial charge in [-0.25, -0.2) is 14.9 Å². The van der Waals surface area contributed by atoms with Gasteiger partial charge in [0.1, 0.15) is 41.6 Å². The topological polar surface area (TPSA) is 126 Å². The maximum absolute atomic E-state index is 14.0. The molecule has 0 radical (unpaired) electrons. The van der Waals surface area contributed by atoms with E-state index in [0.717, 1.165) is 36.9 Å². The van der Waals surface area contributed by atoms with E-state index in [4.69, 9.17) is 30.3 Å². The second kappa shape index (κ2) is 14.3. The zero-order chi connectivity index (χ0) is 31.2. The van der Waals surface area contributed by atoms with Crippen molar-refractivity contribution < 1.29 is 28.1 Å². The molecule has 3 heterocycles. The summed E-state index contributed by atoms with van der Waals surface area (Å²) in [5.41, 5.74) is 0.711. The molecule has 1 saturated carbocycles. The van der Waals surface area contributed by atoms with Crippen molar-refractivity contribution in [3.63, 3.8) is 0 Å². The molecule has 2 aromatic heterocycles. The maximum atomic E-state index is 14.0. The van der Waals surface area contributed by atoms with E-state index >= 15 is 0 Å². The number of fused-ring (bicyclic) bond motifs is 1. The number of benzene rings is 2. The molecule has 1 saturated heterocycles. The maximum Gasteiger partial charge on any atom is 0.342 e. The van der Waals surface area contributed by atoms with Gasteiger partial charge in [-0.05, 0) is 74.5 Å². The molecule has 2 N–H and O–H groups in total. The molecule has 2 fully saturated rings. The summed E-state index contributed by atoms with van der Waals surface area (Å²) < 4.78 is 39.5. The molecular formula is C32H37ClN5O6P. The van der Waals surface area contributed by atoms with Gasteiger partial charge in [0.15, 0.2) is 0 Å². The van der Waals surface area contributed by atoms with Crippen LogP contribution < -0.4 is 19.7 Å². The molecule has 13 heteroatoms. The average molecular weight is 654 g/mol. The normalized spacial score (nSPS) is 20.6. The molecule has 1 aliphatic carbocycles. The molecule has 0 spiro atoms. The van der Waals surface area contributed by atoms with Crippen LogP contribution in [-0.4, -0.2) is 51.6 Å². The Morgan fingerprint density at radius 3 is 2.47 bits per heavy atom. The molecule has 1 aliphatic heterocycles. The van der Waals surface area contributed by atoms with Crippen LogP contribution in [0.25, 0.3) is 11.0 Å². The molecule has 2 aromatic carbocycles. The number of para-hydroxylation sites is 2. The molecule has 4 atom stereocenters. The Hall–Kier alpha value is -3.47. The number of nitrogens with one attached hydrogen (secondary N) is 2. The summed E-state index contributed by atoms with van der Waals surface area (Å²) in [7, 11) is -3.71. The van der Waals surface area contributed by atoms with Crippen LogP contribution in [-0.2, 0) is 18.8 Å². The van der Waals surface area contributed by atoms with E-state index in [1.165, 1.54) is 12.8 Å². The Kier molecular flexibility index (Phi) is 10.0.